The van der Waals surface area contributed by atoms with E-state index in [2.05, 4.69) is 20.3 Å². The molecule has 2 aromatic rings. The van der Waals surface area contributed by atoms with Crippen molar-refractivity contribution in [2.24, 2.45) is 0 Å². The van der Waals surface area contributed by atoms with Crippen LogP contribution >= 0.6 is 0 Å². The first kappa shape index (κ1) is 12.4. The van der Waals surface area contributed by atoms with Crippen LogP contribution in [-0.2, 0) is 0 Å². The first-order chi connectivity index (χ1) is 9.63. The number of amides is 1. The monoisotopic (exact) mass is 280 g/mol. The topological polar surface area (TPSA) is 126 Å². The van der Waals surface area contributed by atoms with Gasteiger partial charge in [0.05, 0.1) is 0 Å². The van der Waals surface area contributed by atoms with Crippen molar-refractivity contribution >= 4 is 23.8 Å². The van der Waals surface area contributed by atoms with Gasteiger partial charge in [-0.25, -0.2) is 9.59 Å². The molecule has 10 nitrogen and oxygen atoms in total. The molecule has 10 heteroatoms. The second-order valence-electron chi connectivity index (χ2n) is 4.39. The first-order valence-electron chi connectivity index (χ1n) is 6.16. The summed E-state index contributed by atoms with van der Waals surface area (Å²) in [6.07, 6.45) is 1.86. The molecule has 3 heterocycles. The maximum absolute atomic E-state index is 11.2. The smallest absolute Gasteiger partial charge is 0.462 e. The molecule has 0 aromatic carbocycles. The molecule has 1 aliphatic rings. The molecule has 1 amide bonds. The number of piperidine rings is 1. The highest BCUT2D eigenvalue weighted by Crippen LogP contribution is 2.18. The Kier molecular flexibility index (Phi) is 2.97. The van der Waals surface area contributed by atoms with Crippen LogP contribution in [-0.4, -0.2) is 43.8 Å². The first-order valence-corrected chi connectivity index (χ1v) is 6.16. The molecule has 3 rings (SSSR count). The minimum Gasteiger partial charge on any atom is -0.465 e. The summed E-state index contributed by atoms with van der Waals surface area (Å²) in [6.45, 7) is 1.57. The third kappa shape index (κ3) is 2.27. The van der Waals surface area contributed by atoms with E-state index in [1.54, 1.807) is 0 Å². The van der Waals surface area contributed by atoms with Crippen LogP contribution in [0.1, 0.15) is 19.3 Å². The molecule has 106 valence electrons. The third-order valence-corrected chi connectivity index (χ3v) is 3.00. The molecule has 1 aliphatic heterocycles. The number of nitrogens with zero attached hydrogens (tertiary/aromatic N) is 5. The van der Waals surface area contributed by atoms with Crippen molar-refractivity contribution in [3.05, 3.63) is 10.6 Å². The number of carbonyl (C=O) groups is 1. The molecular formula is C10H12N6O4. The highest BCUT2D eigenvalue weighted by atomic mass is 16.5. The number of fused-ring (bicyclic) bond motifs is 1. The Morgan fingerprint density at radius 2 is 1.95 bits per heavy atom. The van der Waals surface area contributed by atoms with Gasteiger partial charge in [0.25, 0.3) is 11.7 Å². The van der Waals surface area contributed by atoms with Gasteiger partial charge in [-0.2, -0.15) is 9.97 Å². The Hall–Kier alpha value is -2.65. The Morgan fingerprint density at radius 1 is 1.20 bits per heavy atom. The molecule has 1 saturated heterocycles. The van der Waals surface area contributed by atoms with Gasteiger partial charge in [-0.3, -0.25) is 5.32 Å². The standard InChI is InChI=1S/C10H12N6O4/c17-9(18)13-7-11-6(15-4-2-1-3-5-15)12-8-14-10(19)20-16(7)8/h1-5H2,(H,17,18)(H,11,12,13,14,19). The predicted octanol–water partition coefficient (Wildman–Crippen LogP) is 0.158. The Morgan fingerprint density at radius 3 is 2.65 bits per heavy atom. The lowest BCUT2D eigenvalue weighted by atomic mass is 10.1. The number of aromatic nitrogens is 4. The fourth-order valence-electron chi connectivity index (χ4n) is 2.14. The molecular weight excluding hydrogens is 268 g/mol. The molecule has 0 atom stereocenters. The van der Waals surface area contributed by atoms with Crippen LogP contribution in [0.15, 0.2) is 9.32 Å². The average Bonchev–Trinajstić information content (AvgIpc) is 2.80. The summed E-state index contributed by atoms with van der Waals surface area (Å²) in [7, 11) is 0. The number of anilines is 2. The fourth-order valence-corrected chi connectivity index (χ4v) is 2.14. The molecule has 0 radical (unpaired) electrons. The minimum absolute atomic E-state index is 0.0191. The summed E-state index contributed by atoms with van der Waals surface area (Å²) < 4.78 is 5.59. The van der Waals surface area contributed by atoms with E-state index in [9.17, 15) is 9.59 Å². The van der Waals surface area contributed by atoms with Crippen LogP contribution in [0.5, 0.6) is 0 Å². The molecule has 0 aliphatic carbocycles. The summed E-state index contributed by atoms with van der Waals surface area (Å²) >= 11 is 0. The largest absolute Gasteiger partial charge is 0.465 e. The molecule has 2 aromatic heterocycles. The summed E-state index contributed by atoms with van der Waals surface area (Å²) in [4.78, 5) is 35.6. The van der Waals surface area contributed by atoms with Gasteiger partial charge in [-0.05, 0) is 19.3 Å². The van der Waals surface area contributed by atoms with Gasteiger partial charge in [0.2, 0.25) is 5.95 Å². The number of nitrogens with one attached hydrogen (secondary N) is 1. The fraction of sp³-hybridized carbons (Fsp3) is 0.500. The van der Waals surface area contributed by atoms with Crippen LogP contribution in [0.25, 0.3) is 5.78 Å². The van der Waals surface area contributed by atoms with E-state index in [1.165, 1.54) is 0 Å². The van der Waals surface area contributed by atoms with Crippen LogP contribution in [0.4, 0.5) is 16.7 Å². The van der Waals surface area contributed by atoms with Crippen molar-refractivity contribution < 1.29 is 14.4 Å². The van der Waals surface area contributed by atoms with Gasteiger partial charge >= 0.3 is 11.8 Å². The second kappa shape index (κ2) is 4.79. The Bertz CT molecular complexity index is 701. The highest BCUT2D eigenvalue weighted by Gasteiger charge is 2.19. The third-order valence-electron chi connectivity index (χ3n) is 3.00. The predicted molar refractivity (Wildman–Crippen MR) is 67.0 cm³/mol. The molecule has 0 saturated carbocycles. The van der Waals surface area contributed by atoms with E-state index in [-0.39, 0.29) is 11.7 Å². The molecule has 0 unspecified atom stereocenters. The van der Waals surface area contributed by atoms with Crippen LogP contribution in [0.2, 0.25) is 0 Å². The van der Waals surface area contributed by atoms with Crippen molar-refractivity contribution in [1.82, 2.24) is 19.5 Å². The van der Waals surface area contributed by atoms with Crippen molar-refractivity contribution in [3.63, 3.8) is 0 Å². The van der Waals surface area contributed by atoms with Crippen LogP contribution in [0, 0.1) is 0 Å². The summed E-state index contributed by atoms with van der Waals surface area (Å²) in [6, 6.07) is 0. The van der Waals surface area contributed by atoms with Crippen LogP contribution in [0.3, 0.4) is 0 Å². The van der Waals surface area contributed by atoms with Gasteiger partial charge in [-0.15, -0.1) is 4.98 Å². The summed E-state index contributed by atoms with van der Waals surface area (Å²) in [5, 5.41) is 10.9. The second-order valence-corrected chi connectivity index (χ2v) is 4.39. The van der Waals surface area contributed by atoms with Crippen molar-refractivity contribution in [2.45, 2.75) is 19.3 Å². The molecule has 0 spiro atoms. The Balaban J connectivity index is 2.08. The van der Waals surface area contributed by atoms with Crippen LogP contribution < -0.4 is 16.0 Å². The SMILES string of the molecule is O=C(O)Nc1nc(N2CCCCC2)nc2nc(=O)on12. The lowest BCUT2D eigenvalue weighted by Gasteiger charge is -2.26. The summed E-state index contributed by atoms with van der Waals surface area (Å²) in [5.41, 5.74) is 0. The number of hydrogen-bond donors (Lipinski definition) is 2. The normalized spacial score (nSPS) is 15.5. The van der Waals surface area contributed by atoms with Gasteiger partial charge in [0, 0.05) is 13.1 Å². The lowest BCUT2D eigenvalue weighted by molar-refractivity contribution is 0.209. The van der Waals surface area contributed by atoms with E-state index in [4.69, 9.17) is 9.63 Å². The zero-order chi connectivity index (χ0) is 14.1. The van der Waals surface area contributed by atoms with E-state index in [0.29, 0.717) is 5.95 Å². The van der Waals surface area contributed by atoms with E-state index in [0.717, 1.165) is 36.9 Å². The Labute approximate surface area is 112 Å². The molecule has 20 heavy (non-hydrogen) atoms. The van der Waals surface area contributed by atoms with Gasteiger partial charge in [0.1, 0.15) is 0 Å². The minimum atomic E-state index is -1.31. The number of rotatable bonds is 2. The zero-order valence-corrected chi connectivity index (χ0v) is 10.4. The lowest BCUT2D eigenvalue weighted by Crippen LogP contribution is -2.31. The van der Waals surface area contributed by atoms with E-state index in [1.807, 2.05) is 4.90 Å². The number of hydrogen-bond acceptors (Lipinski definition) is 7. The van der Waals surface area contributed by atoms with Crippen molar-refractivity contribution in [3.8, 4) is 0 Å². The van der Waals surface area contributed by atoms with E-state index < -0.39 is 11.8 Å². The van der Waals surface area contributed by atoms with Crippen molar-refractivity contribution in [2.75, 3.05) is 23.3 Å². The average molecular weight is 280 g/mol. The van der Waals surface area contributed by atoms with Gasteiger partial charge in [0.15, 0.2) is 0 Å². The zero-order valence-electron chi connectivity index (χ0n) is 10.4. The van der Waals surface area contributed by atoms with Gasteiger partial charge in [-0.1, -0.05) is 4.57 Å². The van der Waals surface area contributed by atoms with Gasteiger partial charge < -0.3 is 14.5 Å². The summed E-state index contributed by atoms with van der Waals surface area (Å²) in [5.74, 6) is -0.683. The quantitative estimate of drug-likeness (QED) is 0.796. The maximum Gasteiger partial charge on any atom is 0.462 e. The molecule has 0 bridgehead atoms. The van der Waals surface area contributed by atoms with E-state index >= 15 is 0 Å². The van der Waals surface area contributed by atoms with Crippen molar-refractivity contribution in [1.29, 1.82) is 0 Å². The highest BCUT2D eigenvalue weighted by molar-refractivity contribution is 5.80. The number of carboxylic acid groups (broad SMARTS) is 1. The maximum atomic E-state index is 11.2. The molecule has 2 N–H and O–H groups in total. The molecule has 1 fully saturated rings.